The fourth-order valence-corrected chi connectivity index (χ4v) is 4.34. The van der Waals surface area contributed by atoms with Crippen LogP contribution in [0.4, 0.5) is 11.6 Å². The molecular weight excluding hydrogens is 434 g/mol. The minimum Gasteiger partial charge on any atom is -0.493 e. The molecule has 4 rings (SSSR count). The second-order valence-electron chi connectivity index (χ2n) is 7.72. The number of anilines is 2. The molecule has 1 atom stereocenters. The highest BCUT2D eigenvalue weighted by atomic mass is 32.2. The van der Waals surface area contributed by atoms with Crippen LogP contribution >= 0.6 is 11.8 Å². The highest BCUT2D eigenvalue weighted by Crippen LogP contribution is 2.40. The molecule has 0 spiro atoms. The fraction of sp³-hybridized carbons (Fsp3) is 0.320. The first-order valence-corrected chi connectivity index (χ1v) is 12.3. The van der Waals surface area contributed by atoms with Crippen molar-refractivity contribution in [2.45, 2.75) is 44.8 Å². The number of unbranched alkanes of at least 4 members (excludes halogenated alkanes) is 1. The molecule has 1 aliphatic rings. The van der Waals surface area contributed by atoms with Crippen LogP contribution in [0.5, 0.6) is 5.75 Å². The molecule has 2 aromatic carbocycles. The molecule has 7 nitrogen and oxygen atoms in total. The Kier molecular flexibility index (Phi) is 7.34. The molecule has 1 amide bonds. The Bertz CT molecular complexity index is 1140. The molecule has 1 aromatic heterocycles. The number of allylic oxidation sites excluding steroid dienone is 1. The van der Waals surface area contributed by atoms with E-state index in [0.29, 0.717) is 23.3 Å². The van der Waals surface area contributed by atoms with Crippen LogP contribution in [0.2, 0.25) is 0 Å². The largest absolute Gasteiger partial charge is 0.493 e. The molecule has 0 saturated heterocycles. The summed E-state index contributed by atoms with van der Waals surface area (Å²) in [7, 11) is 0. The number of hydrogen-bond acceptors (Lipinski definition) is 6. The molecule has 0 fully saturated rings. The van der Waals surface area contributed by atoms with Gasteiger partial charge in [-0.05, 0) is 37.3 Å². The topological polar surface area (TPSA) is 81.1 Å². The van der Waals surface area contributed by atoms with Crippen LogP contribution < -0.4 is 15.4 Å². The lowest BCUT2D eigenvalue weighted by Crippen LogP contribution is -2.31. The minimum atomic E-state index is -0.471. The van der Waals surface area contributed by atoms with Crippen molar-refractivity contribution in [2.24, 2.45) is 0 Å². The molecule has 0 radical (unpaired) electrons. The van der Waals surface area contributed by atoms with Gasteiger partial charge in [-0.3, -0.25) is 4.79 Å². The van der Waals surface area contributed by atoms with E-state index in [0.717, 1.165) is 41.3 Å². The maximum Gasteiger partial charge on any atom is 0.255 e. The maximum atomic E-state index is 13.6. The third-order valence-electron chi connectivity index (χ3n) is 5.35. The van der Waals surface area contributed by atoms with E-state index in [4.69, 9.17) is 9.84 Å². The van der Waals surface area contributed by atoms with Crippen molar-refractivity contribution >= 4 is 29.3 Å². The van der Waals surface area contributed by atoms with Crippen LogP contribution in [0.15, 0.2) is 71.0 Å². The first kappa shape index (κ1) is 22.9. The van der Waals surface area contributed by atoms with Crippen molar-refractivity contribution in [1.29, 1.82) is 0 Å². The fourth-order valence-electron chi connectivity index (χ4n) is 3.79. The number of carbonyl (C=O) groups is 1. The zero-order valence-electron chi connectivity index (χ0n) is 19.2. The van der Waals surface area contributed by atoms with E-state index in [9.17, 15) is 4.79 Å². The van der Waals surface area contributed by atoms with Gasteiger partial charge in [-0.15, -0.1) is 5.10 Å². The summed E-state index contributed by atoms with van der Waals surface area (Å²) in [5, 5.41) is 11.7. The summed E-state index contributed by atoms with van der Waals surface area (Å²) in [6.07, 6.45) is 2.01. The monoisotopic (exact) mass is 463 g/mol. The van der Waals surface area contributed by atoms with E-state index in [1.807, 2.05) is 61.5 Å². The number of aromatic nitrogens is 3. The highest BCUT2D eigenvalue weighted by Gasteiger charge is 2.36. The number of nitrogens with zero attached hydrogens (tertiary/aromatic N) is 3. The number of hydrogen-bond donors (Lipinski definition) is 2. The summed E-state index contributed by atoms with van der Waals surface area (Å²) in [4.78, 5) is 18.2. The zero-order chi connectivity index (χ0) is 23.2. The first-order chi connectivity index (χ1) is 16.1. The van der Waals surface area contributed by atoms with Gasteiger partial charge < -0.3 is 15.4 Å². The summed E-state index contributed by atoms with van der Waals surface area (Å²) >= 11 is 1.57. The van der Waals surface area contributed by atoms with Gasteiger partial charge in [0.05, 0.1) is 12.2 Å². The number of ether oxygens (including phenoxy) is 1. The molecule has 3 aromatic rings. The molecule has 1 unspecified atom stereocenters. The number of rotatable bonds is 9. The maximum absolute atomic E-state index is 13.6. The van der Waals surface area contributed by atoms with Gasteiger partial charge in [0.2, 0.25) is 11.1 Å². The van der Waals surface area contributed by atoms with E-state index in [1.165, 1.54) is 0 Å². The number of carbonyl (C=O) groups excluding carboxylic acids is 1. The molecule has 2 heterocycles. The number of benzene rings is 2. The quantitative estimate of drug-likeness (QED) is 0.322. The van der Waals surface area contributed by atoms with Crippen LogP contribution in [0.25, 0.3) is 0 Å². The normalized spacial score (nSPS) is 15.1. The average Bonchev–Trinajstić information content (AvgIpc) is 3.21. The van der Waals surface area contributed by atoms with Crippen molar-refractivity contribution in [1.82, 2.24) is 14.8 Å². The van der Waals surface area contributed by atoms with Crippen molar-refractivity contribution in [3.8, 4) is 5.75 Å². The summed E-state index contributed by atoms with van der Waals surface area (Å²) in [6.45, 7) is 6.72. The lowest BCUT2D eigenvalue weighted by atomic mass is 9.94. The Balaban J connectivity index is 1.78. The van der Waals surface area contributed by atoms with Crippen LogP contribution in [0, 0.1) is 0 Å². The second kappa shape index (κ2) is 10.6. The molecular formula is C25H29N5O2S. The Morgan fingerprint density at radius 2 is 1.91 bits per heavy atom. The van der Waals surface area contributed by atoms with Crippen molar-refractivity contribution in [3.05, 3.63) is 71.4 Å². The van der Waals surface area contributed by atoms with Crippen LogP contribution in [0.3, 0.4) is 0 Å². The Morgan fingerprint density at radius 3 is 2.67 bits per heavy atom. The Hall–Kier alpha value is -3.26. The molecule has 172 valence electrons. The summed E-state index contributed by atoms with van der Waals surface area (Å²) in [5.41, 5.74) is 2.94. The third kappa shape index (κ3) is 5.06. The number of nitrogens with one attached hydrogen (secondary N) is 2. The second-order valence-corrected chi connectivity index (χ2v) is 8.95. The molecule has 0 saturated carbocycles. The smallest absolute Gasteiger partial charge is 0.255 e. The molecule has 33 heavy (non-hydrogen) atoms. The van der Waals surface area contributed by atoms with E-state index < -0.39 is 6.04 Å². The van der Waals surface area contributed by atoms with E-state index in [-0.39, 0.29) is 5.91 Å². The number of para-hydroxylation sites is 2. The van der Waals surface area contributed by atoms with Crippen LogP contribution in [-0.4, -0.2) is 33.0 Å². The first-order valence-electron chi connectivity index (χ1n) is 11.3. The van der Waals surface area contributed by atoms with Gasteiger partial charge in [0.1, 0.15) is 11.8 Å². The van der Waals surface area contributed by atoms with Crippen molar-refractivity contribution in [2.75, 3.05) is 23.0 Å². The predicted molar refractivity (Wildman–Crippen MR) is 133 cm³/mol. The zero-order valence-corrected chi connectivity index (χ0v) is 20.0. The van der Waals surface area contributed by atoms with E-state index in [1.54, 1.807) is 16.4 Å². The third-order valence-corrected chi connectivity index (χ3v) is 6.07. The molecule has 2 N–H and O–H groups in total. The van der Waals surface area contributed by atoms with Gasteiger partial charge in [0.25, 0.3) is 5.91 Å². The Labute approximate surface area is 198 Å². The average molecular weight is 464 g/mol. The lowest BCUT2D eigenvalue weighted by Gasteiger charge is -2.29. The molecule has 0 bridgehead atoms. The number of amides is 1. The van der Waals surface area contributed by atoms with Gasteiger partial charge in [0.15, 0.2) is 0 Å². The number of thioether (sulfide) groups is 1. The van der Waals surface area contributed by atoms with Gasteiger partial charge >= 0.3 is 0 Å². The van der Waals surface area contributed by atoms with Gasteiger partial charge in [-0.25, -0.2) is 4.68 Å². The Morgan fingerprint density at radius 1 is 1.15 bits per heavy atom. The van der Waals surface area contributed by atoms with Crippen LogP contribution in [-0.2, 0) is 4.79 Å². The summed E-state index contributed by atoms with van der Waals surface area (Å²) in [5.74, 6) is 2.04. The lowest BCUT2D eigenvalue weighted by molar-refractivity contribution is -0.113. The molecule has 1 aliphatic heterocycles. The van der Waals surface area contributed by atoms with Crippen LogP contribution in [0.1, 0.15) is 45.2 Å². The van der Waals surface area contributed by atoms with Crippen molar-refractivity contribution in [3.63, 3.8) is 0 Å². The summed E-state index contributed by atoms with van der Waals surface area (Å²) in [6, 6.07) is 16.9. The SMILES string of the molecule is CCCCOc1ccccc1C1C(C(=O)Nc2ccccc2)=C(C)Nc2nc(SCC)nn21. The highest BCUT2D eigenvalue weighted by molar-refractivity contribution is 7.99. The number of fused-ring (bicyclic) bond motifs is 1. The molecule has 8 heteroatoms. The standard InChI is InChI=1S/C25H29N5O2S/c1-4-6-16-32-20-15-11-10-14-19(20)22-21(23(31)27-18-12-8-7-9-13-18)17(3)26-24-28-25(33-5-2)29-30(22)24/h7-15,22H,4-6,16H2,1-3H3,(H,27,31)(H,26,28,29). The van der Waals surface area contributed by atoms with E-state index >= 15 is 0 Å². The summed E-state index contributed by atoms with van der Waals surface area (Å²) < 4.78 is 7.94. The molecule has 0 aliphatic carbocycles. The van der Waals surface area contributed by atoms with E-state index in [2.05, 4.69) is 29.5 Å². The van der Waals surface area contributed by atoms with Gasteiger partial charge in [-0.1, -0.05) is 68.4 Å². The predicted octanol–water partition coefficient (Wildman–Crippen LogP) is 5.50. The van der Waals surface area contributed by atoms with Gasteiger partial charge in [0, 0.05) is 16.9 Å². The van der Waals surface area contributed by atoms with Gasteiger partial charge in [-0.2, -0.15) is 4.98 Å². The minimum absolute atomic E-state index is 0.189. The van der Waals surface area contributed by atoms with Crippen molar-refractivity contribution < 1.29 is 9.53 Å².